The highest BCUT2D eigenvalue weighted by atomic mass is 16.5. The molecule has 1 N–H and O–H groups in total. The molecule has 6 heteroatoms. The lowest BCUT2D eigenvalue weighted by Crippen LogP contribution is -2.06. The summed E-state index contributed by atoms with van der Waals surface area (Å²) in [7, 11) is 0. The van der Waals surface area contributed by atoms with Gasteiger partial charge in [-0.25, -0.2) is 4.79 Å². The van der Waals surface area contributed by atoms with E-state index in [-0.39, 0.29) is 18.1 Å². The van der Waals surface area contributed by atoms with Gasteiger partial charge in [-0.1, -0.05) is 12.1 Å². The number of esters is 1. The first-order valence-electron chi connectivity index (χ1n) is 5.10. The summed E-state index contributed by atoms with van der Waals surface area (Å²) in [4.78, 5) is 12.6. The number of carbonyl (C=O) groups excluding carboxylic acids is 1. The Morgan fingerprint density at radius 3 is 2.94 bits per heavy atom. The van der Waals surface area contributed by atoms with Crippen molar-refractivity contribution in [2.45, 2.75) is 6.92 Å². The molecule has 0 unspecified atom stereocenters. The number of carbonyl (C=O) groups is 1. The molecule has 0 aliphatic heterocycles. The van der Waals surface area contributed by atoms with E-state index < -0.39 is 5.97 Å². The Labute approximate surface area is 97.4 Å². The molecule has 2 aromatic rings. The Morgan fingerprint density at radius 2 is 2.24 bits per heavy atom. The summed E-state index contributed by atoms with van der Waals surface area (Å²) in [6, 6.07) is 6.59. The normalized spacial score (nSPS) is 10.2. The average Bonchev–Trinajstić information content (AvgIpc) is 2.79. The number of para-hydroxylation sites is 2. The zero-order chi connectivity index (χ0) is 12.3. The lowest BCUT2D eigenvalue weighted by atomic mass is 10.3. The van der Waals surface area contributed by atoms with Crippen LogP contribution in [0.4, 0.5) is 0 Å². The highest BCUT2D eigenvalue weighted by Gasteiger charge is 2.13. The number of aromatic nitrogens is 3. The van der Waals surface area contributed by atoms with Crippen LogP contribution >= 0.6 is 0 Å². The number of nitrogens with zero attached hydrogens (tertiary/aromatic N) is 3. The first-order valence-corrected chi connectivity index (χ1v) is 5.10. The molecular weight excluding hydrogens is 222 g/mol. The van der Waals surface area contributed by atoms with Crippen molar-refractivity contribution in [2.24, 2.45) is 0 Å². The summed E-state index contributed by atoms with van der Waals surface area (Å²) < 4.78 is 4.79. The van der Waals surface area contributed by atoms with E-state index in [1.165, 1.54) is 17.1 Å². The molecule has 2 rings (SSSR count). The van der Waals surface area contributed by atoms with Gasteiger partial charge in [0.15, 0.2) is 5.69 Å². The van der Waals surface area contributed by atoms with E-state index in [1.807, 2.05) is 0 Å². The molecule has 17 heavy (non-hydrogen) atoms. The topological polar surface area (TPSA) is 77.2 Å². The zero-order valence-electron chi connectivity index (χ0n) is 9.20. The first kappa shape index (κ1) is 11.1. The van der Waals surface area contributed by atoms with Gasteiger partial charge in [0.05, 0.1) is 12.8 Å². The minimum absolute atomic E-state index is 0.0403. The van der Waals surface area contributed by atoms with Crippen LogP contribution in [0.1, 0.15) is 17.4 Å². The Hall–Kier alpha value is -2.37. The largest absolute Gasteiger partial charge is 0.506 e. The second-order valence-corrected chi connectivity index (χ2v) is 3.23. The molecular formula is C11H11N3O3. The van der Waals surface area contributed by atoms with Gasteiger partial charge in [0.1, 0.15) is 11.4 Å². The monoisotopic (exact) mass is 233 g/mol. The van der Waals surface area contributed by atoms with E-state index in [1.54, 1.807) is 25.1 Å². The van der Waals surface area contributed by atoms with E-state index in [4.69, 9.17) is 4.74 Å². The van der Waals surface area contributed by atoms with E-state index in [0.29, 0.717) is 5.69 Å². The van der Waals surface area contributed by atoms with Gasteiger partial charge in [0.2, 0.25) is 0 Å². The molecule has 0 atom stereocenters. The molecule has 0 aliphatic carbocycles. The third-order valence-corrected chi connectivity index (χ3v) is 2.07. The van der Waals surface area contributed by atoms with Crippen LogP contribution in [0.5, 0.6) is 5.75 Å². The summed E-state index contributed by atoms with van der Waals surface area (Å²) in [6.07, 6.45) is 1.30. The quantitative estimate of drug-likeness (QED) is 0.804. The molecule has 0 saturated heterocycles. The SMILES string of the molecule is CCOC(=O)c1cnn(-c2ccccc2O)n1. The molecule has 6 nitrogen and oxygen atoms in total. The third-order valence-electron chi connectivity index (χ3n) is 2.07. The number of aromatic hydroxyl groups is 1. The van der Waals surface area contributed by atoms with Crippen LogP contribution in [0.3, 0.4) is 0 Å². The molecule has 0 radical (unpaired) electrons. The van der Waals surface area contributed by atoms with Gasteiger partial charge in [-0.3, -0.25) is 0 Å². The first-order chi connectivity index (χ1) is 8.22. The molecule has 1 aromatic heterocycles. The van der Waals surface area contributed by atoms with Crippen LogP contribution in [0.2, 0.25) is 0 Å². The van der Waals surface area contributed by atoms with Gasteiger partial charge in [-0.05, 0) is 19.1 Å². The second kappa shape index (κ2) is 4.65. The van der Waals surface area contributed by atoms with Crippen molar-refractivity contribution < 1.29 is 14.6 Å². The van der Waals surface area contributed by atoms with Crippen molar-refractivity contribution in [2.75, 3.05) is 6.61 Å². The van der Waals surface area contributed by atoms with Crippen LogP contribution in [0.15, 0.2) is 30.5 Å². The predicted molar refractivity (Wildman–Crippen MR) is 59.0 cm³/mol. The Bertz CT molecular complexity index is 536. The highest BCUT2D eigenvalue weighted by molar-refractivity contribution is 5.86. The molecule has 0 aliphatic rings. The maximum absolute atomic E-state index is 11.4. The van der Waals surface area contributed by atoms with Crippen molar-refractivity contribution in [3.8, 4) is 11.4 Å². The minimum atomic E-state index is -0.533. The molecule has 1 heterocycles. The van der Waals surface area contributed by atoms with Crippen molar-refractivity contribution in [1.82, 2.24) is 15.0 Å². The number of phenols is 1. The van der Waals surface area contributed by atoms with Gasteiger partial charge in [-0.15, -0.1) is 9.90 Å². The summed E-state index contributed by atoms with van der Waals surface area (Å²) in [5, 5.41) is 17.4. The number of rotatable bonds is 3. The smallest absolute Gasteiger partial charge is 0.360 e. The van der Waals surface area contributed by atoms with E-state index >= 15 is 0 Å². The molecule has 0 bridgehead atoms. The third kappa shape index (κ3) is 2.25. The fraction of sp³-hybridized carbons (Fsp3) is 0.182. The van der Waals surface area contributed by atoms with Crippen LogP contribution in [-0.2, 0) is 4.74 Å². The standard InChI is InChI=1S/C11H11N3O3/c1-2-17-11(16)8-7-12-14(13-8)9-5-3-4-6-10(9)15/h3-7,15H,2H2,1H3. The maximum Gasteiger partial charge on any atom is 0.360 e. The van der Waals surface area contributed by atoms with Crippen LogP contribution in [-0.4, -0.2) is 32.7 Å². The fourth-order valence-corrected chi connectivity index (χ4v) is 1.31. The molecule has 88 valence electrons. The Morgan fingerprint density at radius 1 is 1.47 bits per heavy atom. The van der Waals surface area contributed by atoms with Crippen molar-refractivity contribution in [3.05, 3.63) is 36.2 Å². The van der Waals surface area contributed by atoms with Crippen molar-refractivity contribution >= 4 is 5.97 Å². The van der Waals surface area contributed by atoms with Crippen LogP contribution in [0, 0.1) is 0 Å². The van der Waals surface area contributed by atoms with Gasteiger partial charge >= 0.3 is 5.97 Å². The molecule has 0 fully saturated rings. The molecule has 0 amide bonds. The molecule has 0 saturated carbocycles. The number of hydrogen-bond donors (Lipinski definition) is 1. The number of ether oxygens (including phenoxy) is 1. The number of benzene rings is 1. The van der Waals surface area contributed by atoms with Crippen molar-refractivity contribution in [1.29, 1.82) is 0 Å². The highest BCUT2D eigenvalue weighted by Crippen LogP contribution is 2.18. The Balaban J connectivity index is 2.30. The average molecular weight is 233 g/mol. The van der Waals surface area contributed by atoms with Crippen LogP contribution in [0.25, 0.3) is 5.69 Å². The van der Waals surface area contributed by atoms with Gasteiger partial charge < -0.3 is 9.84 Å². The summed E-state index contributed by atoms with van der Waals surface area (Å²) in [5.74, 6) is -0.493. The number of hydrogen-bond acceptors (Lipinski definition) is 5. The number of phenolic OH excluding ortho intramolecular Hbond substituents is 1. The van der Waals surface area contributed by atoms with Crippen LogP contribution < -0.4 is 0 Å². The minimum Gasteiger partial charge on any atom is -0.506 e. The van der Waals surface area contributed by atoms with Gasteiger partial charge in [-0.2, -0.15) is 5.10 Å². The summed E-state index contributed by atoms with van der Waals surface area (Å²) in [6.45, 7) is 1.99. The lowest BCUT2D eigenvalue weighted by molar-refractivity contribution is 0.0519. The summed E-state index contributed by atoms with van der Waals surface area (Å²) >= 11 is 0. The summed E-state index contributed by atoms with van der Waals surface area (Å²) in [5.41, 5.74) is 0.512. The fourth-order valence-electron chi connectivity index (χ4n) is 1.31. The Kier molecular flexibility index (Phi) is 3.04. The molecule has 0 spiro atoms. The maximum atomic E-state index is 11.4. The zero-order valence-corrected chi connectivity index (χ0v) is 9.20. The van der Waals surface area contributed by atoms with E-state index in [0.717, 1.165) is 0 Å². The van der Waals surface area contributed by atoms with Gasteiger partial charge in [0.25, 0.3) is 0 Å². The van der Waals surface area contributed by atoms with Crippen molar-refractivity contribution in [3.63, 3.8) is 0 Å². The lowest BCUT2D eigenvalue weighted by Gasteiger charge is -2.01. The van der Waals surface area contributed by atoms with E-state index in [9.17, 15) is 9.90 Å². The van der Waals surface area contributed by atoms with Gasteiger partial charge in [0, 0.05) is 0 Å². The molecule has 1 aromatic carbocycles. The predicted octanol–water partition coefficient (Wildman–Crippen LogP) is 1.15. The van der Waals surface area contributed by atoms with E-state index in [2.05, 4.69) is 10.2 Å². The second-order valence-electron chi connectivity index (χ2n) is 3.23.